The van der Waals surface area contributed by atoms with Gasteiger partial charge in [0.15, 0.2) is 22.7 Å². The van der Waals surface area contributed by atoms with Gasteiger partial charge in [0.25, 0.3) is 0 Å². The van der Waals surface area contributed by atoms with Gasteiger partial charge in [-0.3, -0.25) is 4.57 Å². The third-order valence-corrected chi connectivity index (χ3v) is 7.20. The highest BCUT2D eigenvalue weighted by atomic mass is 35.5. The third-order valence-electron chi connectivity index (χ3n) is 6.45. The van der Waals surface area contributed by atoms with Gasteiger partial charge in [-0.15, -0.1) is 0 Å². The van der Waals surface area contributed by atoms with Crippen LogP contribution < -0.4 is 5.73 Å². The Hall–Kier alpha value is -3.51. The number of nitrogen functional groups attached to an aromatic ring is 1. The van der Waals surface area contributed by atoms with Crippen LogP contribution in [0.4, 0.5) is 10.3 Å². The Morgan fingerprint density at radius 3 is 2.54 bits per heavy atom. The number of carboxylic acids is 1. The monoisotopic (exact) mass is 593 g/mol. The van der Waals surface area contributed by atoms with E-state index in [1.54, 1.807) is 0 Å². The van der Waals surface area contributed by atoms with Crippen LogP contribution in [0, 0.1) is 0 Å². The number of halogens is 4. The van der Waals surface area contributed by atoms with E-state index in [2.05, 4.69) is 15.0 Å². The number of aromatic nitrogens is 4. The van der Waals surface area contributed by atoms with Crippen molar-refractivity contribution in [1.29, 1.82) is 0 Å². The van der Waals surface area contributed by atoms with Gasteiger partial charge in [-0.2, -0.15) is 9.97 Å². The molecule has 2 aromatic carbocycles. The first-order valence-electron chi connectivity index (χ1n) is 11.4. The molecule has 4 unspecified atom stereocenters. The van der Waals surface area contributed by atoms with Crippen molar-refractivity contribution >= 4 is 63.9 Å². The number of nitrogens with two attached hydrogens (primary N) is 1. The van der Waals surface area contributed by atoms with Crippen LogP contribution in [0.5, 0.6) is 0 Å². The number of imidazole rings is 1. The predicted molar refractivity (Wildman–Crippen MR) is 141 cm³/mol. The topological polar surface area (TPSA) is 142 Å². The number of carbonyl (C=O) groups is 2. The Bertz CT molecular complexity index is 1600. The maximum Gasteiger partial charge on any atom is 0.338 e. The molecule has 1 saturated heterocycles. The highest BCUT2D eigenvalue weighted by molar-refractivity contribution is 6.33. The molecule has 202 valence electrons. The van der Waals surface area contributed by atoms with Crippen LogP contribution in [-0.2, 0) is 9.47 Å². The fourth-order valence-corrected chi connectivity index (χ4v) is 5.28. The normalized spacial score (nSPS) is 22.7. The van der Waals surface area contributed by atoms with Crippen LogP contribution >= 0.6 is 34.8 Å². The van der Waals surface area contributed by atoms with Gasteiger partial charge in [0.05, 0.1) is 23.4 Å². The summed E-state index contributed by atoms with van der Waals surface area (Å²) in [5.41, 5.74) is 3.80. The van der Waals surface area contributed by atoms with Crippen LogP contribution in [0.3, 0.4) is 0 Å². The second kappa shape index (κ2) is 10.2. The lowest BCUT2D eigenvalue weighted by atomic mass is 9.80. The molecule has 2 aromatic heterocycles. The molecule has 0 aliphatic carbocycles. The van der Waals surface area contributed by atoms with Crippen LogP contribution in [0.15, 0.2) is 48.8 Å². The van der Waals surface area contributed by atoms with Gasteiger partial charge in [0.2, 0.25) is 5.95 Å². The maximum atomic E-state index is 17.0. The van der Waals surface area contributed by atoms with Crippen molar-refractivity contribution in [2.45, 2.75) is 30.8 Å². The SMILES string of the molecule is CC1(F)C(c2cc(Cl)ccc2C(=O)O)C(COC(=O)c2ccc(Cl)cc2)OC1n1cnc2c(Cl)nc(N)nc21. The average molecular weight is 595 g/mol. The van der Waals surface area contributed by atoms with Crippen molar-refractivity contribution in [3.63, 3.8) is 0 Å². The lowest BCUT2D eigenvalue weighted by Crippen LogP contribution is -2.35. The number of fused-ring (bicyclic) bond motifs is 1. The molecule has 0 spiro atoms. The van der Waals surface area contributed by atoms with Crippen molar-refractivity contribution in [3.8, 4) is 0 Å². The van der Waals surface area contributed by atoms with E-state index in [-0.39, 0.29) is 44.0 Å². The third kappa shape index (κ3) is 4.98. The number of hydrogen-bond acceptors (Lipinski definition) is 8. The number of esters is 1. The van der Waals surface area contributed by atoms with Gasteiger partial charge in [0.1, 0.15) is 18.2 Å². The van der Waals surface area contributed by atoms with E-state index in [4.69, 9.17) is 50.0 Å². The van der Waals surface area contributed by atoms with E-state index in [1.165, 1.54) is 60.3 Å². The van der Waals surface area contributed by atoms with Gasteiger partial charge in [-0.05, 0) is 55.0 Å². The Morgan fingerprint density at radius 1 is 1.15 bits per heavy atom. The molecule has 1 aliphatic rings. The molecule has 4 aromatic rings. The lowest BCUT2D eigenvalue weighted by molar-refractivity contribution is -0.0601. The van der Waals surface area contributed by atoms with E-state index in [9.17, 15) is 14.7 Å². The minimum absolute atomic E-state index is 0.0391. The Morgan fingerprint density at radius 2 is 1.85 bits per heavy atom. The Kier molecular flexibility index (Phi) is 7.10. The zero-order valence-corrected chi connectivity index (χ0v) is 22.3. The molecule has 3 N–H and O–H groups in total. The number of alkyl halides is 1. The number of hydrogen-bond donors (Lipinski definition) is 2. The Balaban J connectivity index is 1.57. The highest BCUT2D eigenvalue weighted by Crippen LogP contribution is 2.52. The second-order valence-corrected chi connectivity index (χ2v) is 10.2. The summed E-state index contributed by atoms with van der Waals surface area (Å²) in [6, 6.07) is 10.0. The molecule has 4 atom stereocenters. The van der Waals surface area contributed by atoms with Crippen molar-refractivity contribution in [2.75, 3.05) is 12.3 Å². The molecule has 1 aliphatic heterocycles. The number of ether oxygens (including phenoxy) is 2. The van der Waals surface area contributed by atoms with Gasteiger partial charge < -0.3 is 20.3 Å². The highest BCUT2D eigenvalue weighted by Gasteiger charge is 2.57. The van der Waals surface area contributed by atoms with Crippen molar-refractivity contribution in [3.05, 3.63) is 80.7 Å². The molecule has 0 bridgehead atoms. The standard InChI is InChI=1S/C25H19Cl3FN5O5/c1-25(29)17(15-8-13(27)6-7-14(15)21(35)36)16(9-38-22(37)11-2-4-12(26)5-3-11)39-23(25)34-10-31-18-19(28)32-24(30)33-20(18)34/h2-8,10,16-17,23H,9H2,1H3,(H,35,36)(H2,30,32,33). The fraction of sp³-hybridized carbons (Fsp3) is 0.240. The van der Waals surface area contributed by atoms with E-state index in [0.717, 1.165) is 0 Å². The fourth-order valence-electron chi connectivity index (χ4n) is 4.75. The van der Waals surface area contributed by atoms with Crippen molar-refractivity contribution < 1.29 is 28.6 Å². The lowest BCUT2D eigenvalue weighted by Gasteiger charge is -2.29. The summed E-state index contributed by atoms with van der Waals surface area (Å²) < 4.78 is 29.9. The number of nitrogens with zero attached hydrogens (tertiary/aromatic N) is 4. The molecule has 3 heterocycles. The van der Waals surface area contributed by atoms with E-state index in [1.807, 2.05) is 0 Å². The van der Waals surface area contributed by atoms with E-state index < -0.39 is 42.5 Å². The quantitative estimate of drug-likeness (QED) is 0.224. The number of aromatic carboxylic acids is 1. The number of carbonyl (C=O) groups excluding carboxylic acids is 1. The Labute approximate surface area is 235 Å². The molecule has 0 saturated carbocycles. The summed E-state index contributed by atoms with van der Waals surface area (Å²) in [5, 5.41) is 10.4. The van der Waals surface area contributed by atoms with E-state index >= 15 is 4.39 Å². The van der Waals surface area contributed by atoms with Crippen LogP contribution in [0.25, 0.3) is 11.2 Å². The molecule has 0 amide bonds. The summed E-state index contributed by atoms with van der Waals surface area (Å²) in [5.74, 6) is -3.42. The molecular weight excluding hydrogens is 576 g/mol. The first-order valence-corrected chi connectivity index (χ1v) is 12.6. The van der Waals surface area contributed by atoms with Gasteiger partial charge in [-0.25, -0.2) is 19.0 Å². The van der Waals surface area contributed by atoms with Crippen molar-refractivity contribution in [2.24, 2.45) is 0 Å². The van der Waals surface area contributed by atoms with Crippen LogP contribution in [0.2, 0.25) is 15.2 Å². The molecule has 10 nitrogen and oxygen atoms in total. The predicted octanol–water partition coefficient (Wildman–Crippen LogP) is 5.33. The molecule has 0 radical (unpaired) electrons. The van der Waals surface area contributed by atoms with E-state index in [0.29, 0.717) is 5.02 Å². The number of carboxylic acid groups (broad SMARTS) is 1. The summed E-state index contributed by atoms with van der Waals surface area (Å²) in [4.78, 5) is 37.0. The molecule has 1 fully saturated rings. The first-order chi connectivity index (χ1) is 18.5. The largest absolute Gasteiger partial charge is 0.478 e. The second-order valence-electron chi connectivity index (χ2n) is 8.99. The number of rotatable bonds is 6. The van der Waals surface area contributed by atoms with Crippen LogP contribution in [0.1, 0.15) is 45.3 Å². The van der Waals surface area contributed by atoms with Gasteiger partial charge in [0, 0.05) is 10.0 Å². The average Bonchev–Trinajstić information content (AvgIpc) is 3.40. The number of benzene rings is 2. The smallest absolute Gasteiger partial charge is 0.338 e. The van der Waals surface area contributed by atoms with Gasteiger partial charge >= 0.3 is 11.9 Å². The van der Waals surface area contributed by atoms with Gasteiger partial charge in [-0.1, -0.05) is 34.8 Å². The number of anilines is 1. The molecular formula is C25H19Cl3FN5O5. The summed E-state index contributed by atoms with van der Waals surface area (Å²) in [6.07, 6.45) is -1.29. The molecule has 5 rings (SSSR count). The molecule has 14 heteroatoms. The first kappa shape index (κ1) is 27.1. The zero-order valence-electron chi connectivity index (χ0n) is 20.0. The minimum atomic E-state index is -2.30. The zero-order chi connectivity index (χ0) is 28.1. The molecule has 39 heavy (non-hydrogen) atoms. The summed E-state index contributed by atoms with van der Waals surface area (Å²) >= 11 is 18.2. The summed E-state index contributed by atoms with van der Waals surface area (Å²) in [6.45, 7) is 0.825. The maximum absolute atomic E-state index is 17.0. The van der Waals surface area contributed by atoms with Crippen LogP contribution in [-0.4, -0.2) is 54.9 Å². The summed E-state index contributed by atoms with van der Waals surface area (Å²) in [7, 11) is 0. The minimum Gasteiger partial charge on any atom is -0.478 e. The van der Waals surface area contributed by atoms with Crippen molar-refractivity contribution in [1.82, 2.24) is 19.5 Å².